The zero-order valence-corrected chi connectivity index (χ0v) is 10.6. The number of aryl methyl sites for hydroxylation is 1. The van der Waals surface area contributed by atoms with Crippen molar-refractivity contribution in [3.8, 4) is 0 Å². The predicted molar refractivity (Wildman–Crippen MR) is 66.7 cm³/mol. The highest BCUT2D eigenvalue weighted by Crippen LogP contribution is 2.20. The quantitative estimate of drug-likeness (QED) is 0.796. The number of aromatic nitrogens is 5. The summed E-state index contributed by atoms with van der Waals surface area (Å²) in [5.41, 5.74) is 1.28. The lowest BCUT2D eigenvalue weighted by Crippen LogP contribution is -2.32. The standard InChI is InChI=1S/C12H18N6/c1-16-6-11(5-14-16)7-17-4-2-3-12(17)8-18-10-13-9-15-18/h5-6,9-10,12H,2-4,7-8H2,1H3/t12-/m0/s1. The molecule has 1 saturated heterocycles. The second kappa shape index (κ2) is 4.89. The van der Waals surface area contributed by atoms with Crippen LogP contribution in [0.4, 0.5) is 0 Å². The van der Waals surface area contributed by atoms with Crippen molar-refractivity contribution < 1.29 is 0 Å². The molecule has 6 nitrogen and oxygen atoms in total. The maximum atomic E-state index is 4.22. The first-order valence-corrected chi connectivity index (χ1v) is 6.35. The first-order valence-electron chi connectivity index (χ1n) is 6.35. The molecule has 3 heterocycles. The second-order valence-electron chi connectivity index (χ2n) is 4.91. The topological polar surface area (TPSA) is 51.8 Å². The first-order chi connectivity index (χ1) is 8.81. The maximum absolute atomic E-state index is 4.22. The largest absolute Gasteiger partial charge is 0.294 e. The summed E-state index contributed by atoms with van der Waals surface area (Å²) >= 11 is 0. The van der Waals surface area contributed by atoms with Gasteiger partial charge in [0.25, 0.3) is 0 Å². The fourth-order valence-corrected chi connectivity index (χ4v) is 2.64. The van der Waals surface area contributed by atoms with Gasteiger partial charge in [0.1, 0.15) is 12.7 Å². The lowest BCUT2D eigenvalue weighted by molar-refractivity contribution is 0.219. The van der Waals surface area contributed by atoms with Gasteiger partial charge in [0.05, 0.1) is 12.7 Å². The van der Waals surface area contributed by atoms with E-state index in [0.29, 0.717) is 6.04 Å². The molecule has 1 aliphatic rings. The average Bonchev–Trinajstić information content (AvgIpc) is 3.05. The number of likely N-dealkylation sites (tertiary alicyclic amines) is 1. The van der Waals surface area contributed by atoms with Gasteiger partial charge in [-0.2, -0.15) is 10.2 Å². The Balaban J connectivity index is 1.64. The molecular weight excluding hydrogens is 228 g/mol. The Bertz CT molecular complexity index is 488. The Hall–Kier alpha value is -1.69. The van der Waals surface area contributed by atoms with E-state index in [2.05, 4.69) is 26.3 Å². The molecule has 3 rings (SSSR count). The molecule has 96 valence electrons. The molecule has 0 aromatic carbocycles. The minimum Gasteiger partial charge on any atom is -0.294 e. The van der Waals surface area contributed by atoms with Crippen LogP contribution in [0, 0.1) is 0 Å². The van der Waals surface area contributed by atoms with E-state index < -0.39 is 0 Å². The molecule has 1 atom stereocenters. The van der Waals surface area contributed by atoms with Gasteiger partial charge < -0.3 is 0 Å². The molecule has 0 spiro atoms. The monoisotopic (exact) mass is 246 g/mol. The smallest absolute Gasteiger partial charge is 0.137 e. The molecule has 1 fully saturated rings. The molecule has 0 N–H and O–H groups in total. The van der Waals surface area contributed by atoms with Crippen molar-refractivity contribution in [2.24, 2.45) is 7.05 Å². The molecule has 1 aliphatic heterocycles. The van der Waals surface area contributed by atoms with E-state index in [1.165, 1.54) is 18.4 Å². The third kappa shape index (κ3) is 2.43. The lowest BCUT2D eigenvalue weighted by atomic mass is 10.2. The number of nitrogens with zero attached hydrogens (tertiary/aromatic N) is 6. The number of hydrogen-bond acceptors (Lipinski definition) is 4. The molecule has 18 heavy (non-hydrogen) atoms. The van der Waals surface area contributed by atoms with Gasteiger partial charge in [-0.05, 0) is 19.4 Å². The Kier molecular flexibility index (Phi) is 3.10. The Morgan fingerprint density at radius 2 is 2.33 bits per heavy atom. The molecule has 0 saturated carbocycles. The zero-order chi connectivity index (χ0) is 12.4. The Labute approximate surface area is 106 Å². The van der Waals surface area contributed by atoms with Gasteiger partial charge in [-0.1, -0.05) is 0 Å². The zero-order valence-electron chi connectivity index (χ0n) is 10.6. The van der Waals surface area contributed by atoms with Crippen LogP contribution in [0.1, 0.15) is 18.4 Å². The van der Waals surface area contributed by atoms with Crippen molar-refractivity contribution in [2.45, 2.75) is 32.0 Å². The van der Waals surface area contributed by atoms with Gasteiger partial charge in [0.2, 0.25) is 0 Å². The van der Waals surface area contributed by atoms with E-state index in [-0.39, 0.29) is 0 Å². The van der Waals surface area contributed by atoms with Gasteiger partial charge in [0, 0.05) is 31.4 Å². The lowest BCUT2D eigenvalue weighted by Gasteiger charge is -2.23. The van der Waals surface area contributed by atoms with Crippen molar-refractivity contribution >= 4 is 0 Å². The summed E-state index contributed by atoms with van der Waals surface area (Å²) < 4.78 is 3.78. The molecule has 0 bridgehead atoms. The molecule has 0 aliphatic carbocycles. The summed E-state index contributed by atoms with van der Waals surface area (Å²) in [7, 11) is 1.96. The Morgan fingerprint density at radius 3 is 3.06 bits per heavy atom. The molecule has 0 radical (unpaired) electrons. The predicted octanol–water partition coefficient (Wildman–Crippen LogP) is 0.676. The fraction of sp³-hybridized carbons (Fsp3) is 0.583. The van der Waals surface area contributed by atoms with Crippen molar-refractivity contribution in [3.05, 3.63) is 30.6 Å². The van der Waals surface area contributed by atoms with E-state index in [4.69, 9.17) is 0 Å². The Morgan fingerprint density at radius 1 is 1.39 bits per heavy atom. The van der Waals surface area contributed by atoms with Gasteiger partial charge in [-0.3, -0.25) is 14.3 Å². The second-order valence-corrected chi connectivity index (χ2v) is 4.91. The van der Waals surface area contributed by atoms with Crippen LogP contribution in [0.15, 0.2) is 25.0 Å². The van der Waals surface area contributed by atoms with E-state index >= 15 is 0 Å². The van der Waals surface area contributed by atoms with Gasteiger partial charge >= 0.3 is 0 Å². The van der Waals surface area contributed by atoms with Crippen LogP contribution in [-0.2, 0) is 20.1 Å². The summed E-state index contributed by atoms with van der Waals surface area (Å²) in [5.74, 6) is 0. The van der Waals surface area contributed by atoms with E-state index in [9.17, 15) is 0 Å². The summed E-state index contributed by atoms with van der Waals surface area (Å²) in [6.07, 6.45) is 9.93. The van der Waals surface area contributed by atoms with Crippen molar-refractivity contribution in [1.82, 2.24) is 29.4 Å². The maximum Gasteiger partial charge on any atom is 0.137 e. The molecule has 0 amide bonds. The van der Waals surface area contributed by atoms with Crippen LogP contribution >= 0.6 is 0 Å². The van der Waals surface area contributed by atoms with Crippen molar-refractivity contribution in [3.63, 3.8) is 0 Å². The van der Waals surface area contributed by atoms with E-state index in [0.717, 1.165) is 19.6 Å². The number of rotatable bonds is 4. The normalized spacial score (nSPS) is 20.6. The van der Waals surface area contributed by atoms with Gasteiger partial charge in [0.15, 0.2) is 0 Å². The minimum absolute atomic E-state index is 0.562. The summed E-state index contributed by atoms with van der Waals surface area (Å²) in [6, 6.07) is 0.562. The average molecular weight is 246 g/mol. The molecule has 0 unspecified atom stereocenters. The van der Waals surface area contributed by atoms with Crippen LogP contribution < -0.4 is 0 Å². The number of hydrogen-bond donors (Lipinski definition) is 0. The van der Waals surface area contributed by atoms with Crippen LogP contribution in [0.3, 0.4) is 0 Å². The van der Waals surface area contributed by atoms with Crippen LogP contribution in [-0.4, -0.2) is 42.0 Å². The first kappa shape index (κ1) is 11.4. The van der Waals surface area contributed by atoms with Gasteiger partial charge in [-0.25, -0.2) is 4.98 Å². The molecular formula is C12H18N6. The summed E-state index contributed by atoms with van der Waals surface area (Å²) in [4.78, 5) is 6.51. The third-order valence-corrected chi connectivity index (χ3v) is 3.51. The van der Waals surface area contributed by atoms with Crippen LogP contribution in [0.5, 0.6) is 0 Å². The summed E-state index contributed by atoms with van der Waals surface area (Å²) in [5, 5.41) is 8.41. The highest BCUT2D eigenvalue weighted by atomic mass is 15.3. The highest BCUT2D eigenvalue weighted by molar-refractivity contribution is 5.04. The van der Waals surface area contributed by atoms with E-state index in [1.54, 1.807) is 12.7 Å². The van der Waals surface area contributed by atoms with E-state index in [1.807, 2.05) is 22.6 Å². The molecule has 2 aromatic rings. The summed E-state index contributed by atoms with van der Waals surface area (Å²) in [6.45, 7) is 3.07. The van der Waals surface area contributed by atoms with Gasteiger partial charge in [-0.15, -0.1) is 0 Å². The molecule has 2 aromatic heterocycles. The minimum atomic E-state index is 0.562. The van der Waals surface area contributed by atoms with Crippen LogP contribution in [0.25, 0.3) is 0 Å². The SMILES string of the molecule is Cn1cc(CN2CCC[C@H]2Cn2cncn2)cn1. The molecule has 6 heteroatoms. The highest BCUT2D eigenvalue weighted by Gasteiger charge is 2.25. The van der Waals surface area contributed by atoms with Crippen molar-refractivity contribution in [1.29, 1.82) is 0 Å². The third-order valence-electron chi connectivity index (χ3n) is 3.51. The van der Waals surface area contributed by atoms with Crippen molar-refractivity contribution in [2.75, 3.05) is 6.54 Å². The fourth-order valence-electron chi connectivity index (χ4n) is 2.64. The van der Waals surface area contributed by atoms with Crippen LogP contribution in [0.2, 0.25) is 0 Å².